The van der Waals surface area contributed by atoms with Gasteiger partial charge in [-0.2, -0.15) is 4.80 Å². The van der Waals surface area contributed by atoms with Gasteiger partial charge < -0.3 is 10.9 Å². The first-order chi connectivity index (χ1) is 9.10. The van der Waals surface area contributed by atoms with Gasteiger partial charge in [0, 0.05) is 5.56 Å². The van der Waals surface area contributed by atoms with Crippen molar-refractivity contribution >= 4 is 5.84 Å². The second-order valence-electron chi connectivity index (χ2n) is 4.51. The van der Waals surface area contributed by atoms with Crippen LogP contribution in [0.2, 0.25) is 0 Å². The average Bonchev–Trinajstić information content (AvgIpc) is 2.87. The molecule has 0 aliphatic carbocycles. The third-order valence-corrected chi connectivity index (χ3v) is 2.72. The fourth-order valence-corrected chi connectivity index (χ4v) is 1.62. The maximum Gasteiger partial charge on any atom is 0.204 e. The topological polar surface area (TPSA) is 102 Å². The van der Waals surface area contributed by atoms with Crippen LogP contribution in [0.4, 0.5) is 0 Å². The molecule has 1 heterocycles. The quantitative estimate of drug-likeness (QED) is 0.372. The molecule has 0 radical (unpaired) electrons. The molecule has 7 heteroatoms. The normalized spacial score (nSPS) is 12.1. The minimum atomic E-state index is 0.0269. The van der Waals surface area contributed by atoms with Crippen molar-refractivity contribution in [2.75, 3.05) is 0 Å². The molecular weight excluding hydrogens is 244 g/mol. The summed E-state index contributed by atoms with van der Waals surface area (Å²) in [5.74, 6) is 1.03. The molecule has 0 saturated carbocycles. The minimum Gasteiger partial charge on any atom is -0.409 e. The minimum absolute atomic E-state index is 0.0269. The van der Waals surface area contributed by atoms with Crippen molar-refractivity contribution in [3.8, 4) is 11.4 Å². The number of nitrogens with two attached hydrogens (primary N) is 1. The molecule has 7 nitrogen and oxygen atoms in total. The van der Waals surface area contributed by atoms with Crippen molar-refractivity contribution in [1.82, 2.24) is 20.2 Å². The van der Waals surface area contributed by atoms with Crippen molar-refractivity contribution in [3.63, 3.8) is 0 Å². The van der Waals surface area contributed by atoms with Gasteiger partial charge in [0.2, 0.25) is 5.82 Å². The van der Waals surface area contributed by atoms with Crippen LogP contribution in [0.15, 0.2) is 29.4 Å². The molecule has 0 amide bonds. The molecule has 0 unspecified atom stereocenters. The summed E-state index contributed by atoms with van der Waals surface area (Å²) in [4.78, 5) is 1.28. The molecule has 1 aromatic carbocycles. The van der Waals surface area contributed by atoms with Gasteiger partial charge in [0.25, 0.3) is 0 Å². The molecule has 0 atom stereocenters. The average molecular weight is 260 g/mol. The smallest absolute Gasteiger partial charge is 0.204 e. The van der Waals surface area contributed by atoms with Crippen molar-refractivity contribution in [2.24, 2.45) is 10.9 Å². The van der Waals surface area contributed by atoms with Crippen LogP contribution < -0.4 is 5.73 Å². The van der Waals surface area contributed by atoms with E-state index < -0.39 is 0 Å². The summed E-state index contributed by atoms with van der Waals surface area (Å²) in [6, 6.07) is 8.01. The van der Waals surface area contributed by atoms with Gasteiger partial charge in [-0.1, -0.05) is 43.3 Å². The van der Waals surface area contributed by atoms with Gasteiger partial charge >= 0.3 is 0 Å². The maximum atomic E-state index is 8.48. The van der Waals surface area contributed by atoms with E-state index in [9.17, 15) is 0 Å². The van der Waals surface area contributed by atoms with Crippen molar-refractivity contribution in [2.45, 2.75) is 26.3 Å². The highest BCUT2D eigenvalue weighted by Gasteiger charge is 2.07. The van der Waals surface area contributed by atoms with E-state index in [2.05, 4.69) is 34.4 Å². The molecule has 100 valence electrons. The Morgan fingerprint density at radius 3 is 2.63 bits per heavy atom. The number of hydrogen-bond donors (Lipinski definition) is 2. The summed E-state index contributed by atoms with van der Waals surface area (Å²) in [7, 11) is 0. The van der Waals surface area contributed by atoms with E-state index >= 15 is 0 Å². The SMILES string of the molecule is CC(C)c1ccc(-c2nnn(C/C(N)=N/O)n2)cc1. The molecular formula is C12H16N6O. The predicted molar refractivity (Wildman–Crippen MR) is 70.8 cm³/mol. The van der Waals surface area contributed by atoms with Crippen LogP contribution in [0.25, 0.3) is 11.4 Å². The standard InChI is InChI=1S/C12H16N6O/c1-8(2)9-3-5-10(6-4-9)12-14-17-18(15-12)7-11(13)16-19/h3-6,8,19H,7H2,1-2H3,(H2,13,16). The van der Waals surface area contributed by atoms with E-state index in [0.717, 1.165) is 5.56 Å². The summed E-state index contributed by atoms with van der Waals surface area (Å²) < 4.78 is 0. The molecule has 1 aromatic heterocycles. The Morgan fingerprint density at radius 2 is 2.05 bits per heavy atom. The molecule has 0 fully saturated rings. The number of tetrazole rings is 1. The van der Waals surface area contributed by atoms with Gasteiger partial charge in [0.1, 0.15) is 6.54 Å². The number of oxime groups is 1. The zero-order valence-electron chi connectivity index (χ0n) is 10.9. The van der Waals surface area contributed by atoms with E-state index in [1.54, 1.807) is 0 Å². The lowest BCUT2D eigenvalue weighted by Crippen LogP contribution is -2.21. The zero-order chi connectivity index (χ0) is 13.8. The lowest BCUT2D eigenvalue weighted by atomic mass is 10.0. The molecule has 0 aliphatic heterocycles. The molecule has 0 saturated heterocycles. The Bertz CT molecular complexity index is 572. The first-order valence-electron chi connectivity index (χ1n) is 5.94. The predicted octanol–water partition coefficient (Wildman–Crippen LogP) is 1.21. The van der Waals surface area contributed by atoms with E-state index in [4.69, 9.17) is 10.9 Å². The molecule has 2 aromatic rings. The second kappa shape index (κ2) is 5.47. The third kappa shape index (κ3) is 3.06. The number of benzene rings is 1. The number of amidine groups is 1. The Hall–Kier alpha value is -2.44. The Labute approximate surface area is 110 Å². The first-order valence-corrected chi connectivity index (χ1v) is 5.94. The summed E-state index contributed by atoms with van der Waals surface area (Å²) in [5, 5.41) is 23.3. The lowest BCUT2D eigenvalue weighted by Gasteiger charge is -2.04. The van der Waals surface area contributed by atoms with Gasteiger partial charge in [0.05, 0.1) is 0 Å². The van der Waals surface area contributed by atoms with Gasteiger partial charge in [0.15, 0.2) is 5.84 Å². The van der Waals surface area contributed by atoms with Crippen molar-refractivity contribution in [3.05, 3.63) is 29.8 Å². The van der Waals surface area contributed by atoms with Crippen LogP contribution in [0.3, 0.4) is 0 Å². The van der Waals surface area contributed by atoms with Crippen LogP contribution in [0.1, 0.15) is 25.3 Å². The van der Waals surface area contributed by atoms with E-state index in [1.807, 2.05) is 24.3 Å². The third-order valence-electron chi connectivity index (χ3n) is 2.72. The van der Waals surface area contributed by atoms with Crippen molar-refractivity contribution < 1.29 is 5.21 Å². The van der Waals surface area contributed by atoms with Crippen LogP contribution in [0.5, 0.6) is 0 Å². The molecule has 0 bridgehead atoms. The largest absolute Gasteiger partial charge is 0.409 e. The fraction of sp³-hybridized carbons (Fsp3) is 0.333. The Balaban J connectivity index is 2.18. The monoisotopic (exact) mass is 260 g/mol. The summed E-state index contributed by atoms with van der Waals surface area (Å²) in [6.07, 6.45) is 0. The summed E-state index contributed by atoms with van der Waals surface area (Å²) >= 11 is 0. The molecule has 2 rings (SSSR count). The van der Waals surface area contributed by atoms with Gasteiger partial charge in [-0.3, -0.25) is 0 Å². The van der Waals surface area contributed by atoms with E-state index in [-0.39, 0.29) is 12.4 Å². The number of hydrogen-bond acceptors (Lipinski definition) is 5. The highest BCUT2D eigenvalue weighted by molar-refractivity contribution is 5.79. The van der Waals surface area contributed by atoms with Crippen LogP contribution in [0, 0.1) is 0 Å². The molecule has 19 heavy (non-hydrogen) atoms. The van der Waals surface area contributed by atoms with Gasteiger partial charge in [-0.25, -0.2) is 0 Å². The van der Waals surface area contributed by atoms with Crippen LogP contribution in [-0.2, 0) is 6.54 Å². The van der Waals surface area contributed by atoms with Crippen molar-refractivity contribution in [1.29, 1.82) is 0 Å². The maximum absolute atomic E-state index is 8.48. The van der Waals surface area contributed by atoms with Gasteiger partial charge in [-0.15, -0.1) is 10.2 Å². The van der Waals surface area contributed by atoms with Crippen LogP contribution in [-0.4, -0.2) is 31.3 Å². The highest BCUT2D eigenvalue weighted by atomic mass is 16.4. The molecule has 0 aliphatic rings. The number of aromatic nitrogens is 4. The highest BCUT2D eigenvalue weighted by Crippen LogP contribution is 2.19. The number of nitrogens with zero attached hydrogens (tertiary/aromatic N) is 5. The van der Waals surface area contributed by atoms with Gasteiger partial charge in [-0.05, 0) is 16.7 Å². The Morgan fingerprint density at radius 1 is 1.37 bits per heavy atom. The first kappa shape index (κ1) is 13.0. The lowest BCUT2D eigenvalue weighted by molar-refractivity contribution is 0.315. The Kier molecular flexibility index (Phi) is 3.74. The summed E-state index contributed by atoms with van der Waals surface area (Å²) in [6.45, 7) is 4.38. The van der Waals surface area contributed by atoms with E-state index in [0.29, 0.717) is 11.7 Å². The molecule has 3 N–H and O–H groups in total. The van der Waals surface area contributed by atoms with E-state index in [1.165, 1.54) is 10.4 Å². The second-order valence-corrected chi connectivity index (χ2v) is 4.51. The van der Waals surface area contributed by atoms with Crippen LogP contribution >= 0.6 is 0 Å². The summed E-state index contributed by atoms with van der Waals surface area (Å²) in [5.41, 5.74) is 7.52. The zero-order valence-corrected chi connectivity index (χ0v) is 10.9. The molecule has 0 spiro atoms. The fourth-order valence-electron chi connectivity index (χ4n) is 1.62. The number of rotatable bonds is 4.